The first-order chi connectivity index (χ1) is 9.10. The Morgan fingerprint density at radius 1 is 1.26 bits per heavy atom. The Morgan fingerprint density at radius 3 is 2.47 bits per heavy atom. The van der Waals surface area contributed by atoms with Crippen molar-refractivity contribution < 1.29 is 4.74 Å². The molecule has 0 aliphatic carbocycles. The van der Waals surface area contributed by atoms with E-state index in [1.54, 1.807) is 7.11 Å². The average Bonchev–Trinajstić information content (AvgIpc) is 2.87. The molecule has 0 saturated carbocycles. The number of ether oxygens (including phenoxy) is 1. The molecule has 19 heavy (non-hydrogen) atoms. The molecule has 2 rings (SSSR count). The third-order valence-corrected chi connectivity index (χ3v) is 4.40. The maximum Gasteiger partial charge on any atom is 0.157 e. The maximum atomic E-state index is 5.17. The number of hydrogen-bond donors (Lipinski definition) is 1. The molecule has 1 aliphatic rings. The summed E-state index contributed by atoms with van der Waals surface area (Å²) in [5, 5.41) is 4.56. The molecular weight excluding hydrogens is 256 g/mol. The highest BCUT2D eigenvalue weighted by Crippen LogP contribution is 2.24. The fraction of sp³-hybridized carbons (Fsp3) is 0.533. The van der Waals surface area contributed by atoms with E-state index in [1.165, 1.54) is 5.56 Å². The van der Waals surface area contributed by atoms with Crippen molar-refractivity contribution in [1.29, 1.82) is 0 Å². The van der Waals surface area contributed by atoms with Gasteiger partial charge in [-0.3, -0.25) is 4.99 Å². The number of nitrogens with zero attached hydrogens (tertiary/aromatic N) is 1. The summed E-state index contributed by atoms with van der Waals surface area (Å²) in [5.74, 6) is 2.60. The highest BCUT2D eigenvalue weighted by Gasteiger charge is 2.22. The van der Waals surface area contributed by atoms with Gasteiger partial charge in [0, 0.05) is 5.75 Å². The van der Waals surface area contributed by atoms with Crippen molar-refractivity contribution in [3.8, 4) is 5.75 Å². The van der Waals surface area contributed by atoms with Gasteiger partial charge in [-0.05, 0) is 30.5 Å². The molecule has 0 bridgehead atoms. The van der Waals surface area contributed by atoms with Gasteiger partial charge in [0.1, 0.15) is 5.75 Å². The first kappa shape index (κ1) is 14.3. The van der Waals surface area contributed by atoms with Gasteiger partial charge in [0.2, 0.25) is 0 Å². The van der Waals surface area contributed by atoms with Gasteiger partial charge in [-0.2, -0.15) is 0 Å². The number of rotatable bonds is 4. The van der Waals surface area contributed by atoms with Crippen LogP contribution in [0.5, 0.6) is 5.75 Å². The molecule has 104 valence electrons. The van der Waals surface area contributed by atoms with Gasteiger partial charge in [-0.15, -0.1) is 0 Å². The number of hydrogen-bond acceptors (Lipinski definition) is 4. The summed E-state index contributed by atoms with van der Waals surface area (Å²) < 4.78 is 5.17. The molecular formula is C15H22N2OS. The van der Waals surface area contributed by atoms with Crippen LogP contribution in [0.25, 0.3) is 0 Å². The van der Waals surface area contributed by atoms with Gasteiger partial charge in [0.05, 0.1) is 19.2 Å². The summed E-state index contributed by atoms with van der Waals surface area (Å²) in [4.78, 5) is 4.73. The topological polar surface area (TPSA) is 33.6 Å². The summed E-state index contributed by atoms with van der Waals surface area (Å²) >= 11 is 1.82. The number of methoxy groups -OCH3 is 1. The molecule has 0 spiro atoms. The first-order valence-electron chi connectivity index (χ1n) is 6.71. The minimum atomic E-state index is 0.267. The van der Waals surface area contributed by atoms with E-state index in [0.717, 1.165) is 16.7 Å². The largest absolute Gasteiger partial charge is 0.497 e. The lowest BCUT2D eigenvalue weighted by molar-refractivity contribution is 0.414. The van der Waals surface area contributed by atoms with Gasteiger partial charge in [0.15, 0.2) is 5.17 Å². The normalized spacial score (nSPS) is 20.3. The molecule has 0 amide bonds. The van der Waals surface area contributed by atoms with E-state index in [9.17, 15) is 0 Å². The molecule has 1 aromatic carbocycles. The standard InChI is InChI=1S/C15H22N2OS/c1-10(2)14-9-19-15(17-14)16-11(3)12-5-7-13(18-4)8-6-12/h5-8,10-11,14H,9H2,1-4H3,(H,16,17)/t11?,14-/m1/s1. The number of benzene rings is 1. The minimum Gasteiger partial charge on any atom is -0.497 e. The first-order valence-corrected chi connectivity index (χ1v) is 7.69. The molecule has 1 heterocycles. The summed E-state index contributed by atoms with van der Waals surface area (Å²) in [6.07, 6.45) is 0. The predicted octanol–water partition coefficient (Wildman–Crippen LogP) is 3.47. The van der Waals surface area contributed by atoms with Crippen LogP contribution in [0.3, 0.4) is 0 Å². The molecule has 0 fully saturated rings. The fourth-order valence-corrected chi connectivity index (χ4v) is 3.23. The van der Waals surface area contributed by atoms with Gasteiger partial charge < -0.3 is 10.1 Å². The molecule has 1 N–H and O–H groups in total. The molecule has 3 nitrogen and oxygen atoms in total. The van der Waals surface area contributed by atoms with Crippen LogP contribution in [0, 0.1) is 5.92 Å². The van der Waals surface area contributed by atoms with Crippen molar-refractivity contribution >= 4 is 16.9 Å². The van der Waals surface area contributed by atoms with Gasteiger partial charge in [-0.1, -0.05) is 37.7 Å². The molecule has 2 atom stereocenters. The lowest BCUT2D eigenvalue weighted by Crippen LogP contribution is -2.23. The minimum absolute atomic E-state index is 0.267. The molecule has 1 unspecified atom stereocenters. The van der Waals surface area contributed by atoms with Crippen molar-refractivity contribution in [2.45, 2.75) is 32.9 Å². The Kier molecular flexibility index (Phi) is 4.75. The van der Waals surface area contributed by atoms with Crippen molar-refractivity contribution in [3.63, 3.8) is 0 Å². The Hall–Kier alpha value is -1.16. The molecule has 1 aromatic rings. The smallest absolute Gasteiger partial charge is 0.157 e. The summed E-state index contributed by atoms with van der Waals surface area (Å²) in [5.41, 5.74) is 1.25. The van der Waals surface area contributed by atoms with Crippen LogP contribution < -0.4 is 10.1 Å². The van der Waals surface area contributed by atoms with Crippen molar-refractivity contribution in [2.24, 2.45) is 10.9 Å². The van der Waals surface area contributed by atoms with Crippen LogP contribution in [0.4, 0.5) is 0 Å². The van der Waals surface area contributed by atoms with Crippen LogP contribution in [0.15, 0.2) is 29.3 Å². The fourth-order valence-electron chi connectivity index (χ4n) is 1.97. The molecule has 0 radical (unpaired) electrons. The lowest BCUT2D eigenvalue weighted by Gasteiger charge is -2.15. The maximum absolute atomic E-state index is 5.17. The molecule has 1 aliphatic heterocycles. The second-order valence-corrected chi connectivity index (χ2v) is 6.20. The van der Waals surface area contributed by atoms with Crippen LogP contribution >= 0.6 is 11.8 Å². The van der Waals surface area contributed by atoms with E-state index in [2.05, 4.69) is 38.2 Å². The predicted molar refractivity (Wildman–Crippen MR) is 83.1 cm³/mol. The summed E-state index contributed by atoms with van der Waals surface area (Å²) in [7, 11) is 1.69. The Bertz CT molecular complexity index is 442. The highest BCUT2D eigenvalue weighted by atomic mass is 32.2. The quantitative estimate of drug-likeness (QED) is 0.915. The summed E-state index contributed by atoms with van der Waals surface area (Å²) in [6.45, 7) is 6.61. The molecule has 0 aromatic heterocycles. The third kappa shape index (κ3) is 3.66. The van der Waals surface area contributed by atoms with E-state index >= 15 is 0 Å². The monoisotopic (exact) mass is 278 g/mol. The van der Waals surface area contributed by atoms with Crippen molar-refractivity contribution in [3.05, 3.63) is 29.8 Å². The van der Waals surface area contributed by atoms with E-state index in [0.29, 0.717) is 12.0 Å². The number of amidine groups is 1. The number of aliphatic imine (C=N–C) groups is 1. The van der Waals surface area contributed by atoms with Gasteiger partial charge >= 0.3 is 0 Å². The van der Waals surface area contributed by atoms with Crippen molar-refractivity contribution in [2.75, 3.05) is 12.9 Å². The van der Waals surface area contributed by atoms with Crippen LogP contribution in [0.2, 0.25) is 0 Å². The molecule has 0 saturated heterocycles. The Morgan fingerprint density at radius 2 is 1.95 bits per heavy atom. The third-order valence-electron chi connectivity index (χ3n) is 3.40. The van der Waals surface area contributed by atoms with E-state index in [-0.39, 0.29) is 6.04 Å². The van der Waals surface area contributed by atoms with Gasteiger partial charge in [0.25, 0.3) is 0 Å². The average molecular weight is 278 g/mol. The summed E-state index contributed by atoms with van der Waals surface area (Å²) in [6, 6.07) is 8.90. The lowest BCUT2D eigenvalue weighted by atomic mass is 10.1. The van der Waals surface area contributed by atoms with E-state index < -0.39 is 0 Å². The number of nitrogens with one attached hydrogen (secondary N) is 1. The van der Waals surface area contributed by atoms with Gasteiger partial charge in [-0.25, -0.2) is 0 Å². The Labute approximate surface area is 119 Å². The van der Waals surface area contributed by atoms with Crippen LogP contribution in [-0.2, 0) is 0 Å². The highest BCUT2D eigenvalue weighted by molar-refractivity contribution is 8.14. The molecule has 4 heteroatoms. The number of thioether (sulfide) groups is 1. The second kappa shape index (κ2) is 6.33. The zero-order chi connectivity index (χ0) is 13.8. The van der Waals surface area contributed by atoms with E-state index in [4.69, 9.17) is 9.73 Å². The zero-order valence-corrected chi connectivity index (χ0v) is 12.8. The zero-order valence-electron chi connectivity index (χ0n) is 12.0. The SMILES string of the molecule is COc1ccc(C(C)NC2=N[C@@H](C(C)C)CS2)cc1. The Balaban J connectivity index is 1.97. The second-order valence-electron chi connectivity index (χ2n) is 5.20. The van der Waals surface area contributed by atoms with E-state index in [1.807, 2.05) is 23.9 Å². The van der Waals surface area contributed by atoms with Crippen LogP contribution in [-0.4, -0.2) is 24.1 Å². The van der Waals surface area contributed by atoms with Crippen molar-refractivity contribution in [1.82, 2.24) is 5.32 Å². The van der Waals surface area contributed by atoms with Crippen LogP contribution in [0.1, 0.15) is 32.4 Å².